The predicted molar refractivity (Wildman–Crippen MR) is 85.5 cm³/mol. The van der Waals surface area contributed by atoms with Gasteiger partial charge in [0.25, 0.3) is 0 Å². The van der Waals surface area contributed by atoms with E-state index in [0.29, 0.717) is 0 Å². The van der Waals surface area contributed by atoms with E-state index in [1.807, 2.05) is 74.5 Å². The van der Waals surface area contributed by atoms with Gasteiger partial charge in [-0.3, -0.25) is 9.78 Å². The summed E-state index contributed by atoms with van der Waals surface area (Å²) in [6.45, 7) is 3.94. The summed E-state index contributed by atoms with van der Waals surface area (Å²) in [6.07, 6.45) is 1.75. The average molecular weight is 275 g/mol. The topological polar surface area (TPSA) is 30.0 Å². The fourth-order valence-corrected chi connectivity index (χ4v) is 2.62. The minimum absolute atomic E-state index is 0.118. The third-order valence-electron chi connectivity index (χ3n) is 3.95. The average Bonchev–Trinajstić information content (AvgIpc) is 2.54. The third-order valence-corrected chi connectivity index (χ3v) is 3.95. The van der Waals surface area contributed by atoms with E-state index >= 15 is 0 Å². The lowest BCUT2D eigenvalue weighted by atomic mass is 9.77. The molecule has 0 radical (unpaired) electrons. The van der Waals surface area contributed by atoms with Gasteiger partial charge in [-0.2, -0.15) is 0 Å². The van der Waals surface area contributed by atoms with Crippen LogP contribution in [0.5, 0.6) is 0 Å². The van der Waals surface area contributed by atoms with Crippen LogP contribution in [0.1, 0.15) is 29.8 Å². The van der Waals surface area contributed by atoms with Crippen LogP contribution >= 0.6 is 0 Å². The minimum atomic E-state index is -0.564. The number of aromatic nitrogens is 1. The summed E-state index contributed by atoms with van der Waals surface area (Å²) >= 11 is 0. The Morgan fingerprint density at radius 2 is 1.67 bits per heavy atom. The summed E-state index contributed by atoms with van der Waals surface area (Å²) in [7, 11) is 0. The van der Waals surface area contributed by atoms with Crippen LogP contribution in [0.4, 0.5) is 0 Å². The summed E-state index contributed by atoms with van der Waals surface area (Å²) in [6, 6.07) is 19.4. The van der Waals surface area contributed by atoms with E-state index in [2.05, 4.69) is 4.98 Å². The molecular formula is C19H17NO. The summed E-state index contributed by atoms with van der Waals surface area (Å²) in [5.41, 5.74) is 2.04. The number of carbonyl (C=O) groups excluding carboxylic acids is 1. The molecular weight excluding hydrogens is 258 g/mol. The van der Waals surface area contributed by atoms with Gasteiger partial charge in [-0.15, -0.1) is 0 Å². The Labute approximate surface area is 124 Å². The molecule has 0 bridgehead atoms. The van der Waals surface area contributed by atoms with Crippen LogP contribution in [0.25, 0.3) is 10.9 Å². The first-order chi connectivity index (χ1) is 10.1. The maximum absolute atomic E-state index is 13.1. The number of rotatable bonds is 3. The van der Waals surface area contributed by atoms with E-state index in [1.165, 1.54) is 0 Å². The van der Waals surface area contributed by atoms with Crippen LogP contribution in [-0.4, -0.2) is 10.8 Å². The first-order valence-electron chi connectivity index (χ1n) is 7.05. The maximum Gasteiger partial charge on any atom is 0.173 e. The van der Waals surface area contributed by atoms with Crippen molar-refractivity contribution in [3.8, 4) is 0 Å². The van der Waals surface area contributed by atoms with Crippen LogP contribution in [-0.2, 0) is 5.41 Å². The molecule has 0 N–H and O–H groups in total. The van der Waals surface area contributed by atoms with Crippen LogP contribution in [0.2, 0.25) is 0 Å². The molecule has 0 amide bonds. The molecule has 0 aliphatic rings. The van der Waals surface area contributed by atoms with E-state index in [1.54, 1.807) is 6.20 Å². The van der Waals surface area contributed by atoms with Crippen molar-refractivity contribution in [1.82, 2.24) is 4.98 Å². The second-order valence-electron chi connectivity index (χ2n) is 5.70. The lowest BCUT2D eigenvalue weighted by Crippen LogP contribution is -2.29. The van der Waals surface area contributed by atoms with Gasteiger partial charge in [0.05, 0.1) is 10.9 Å². The fraction of sp³-hybridized carbons (Fsp3) is 0.158. The molecule has 3 aromatic rings. The Hall–Kier alpha value is -2.48. The highest BCUT2D eigenvalue weighted by atomic mass is 16.1. The number of carbonyl (C=O) groups is 1. The normalized spacial score (nSPS) is 11.5. The number of hydrogen-bond acceptors (Lipinski definition) is 2. The zero-order valence-electron chi connectivity index (χ0n) is 12.2. The van der Waals surface area contributed by atoms with Gasteiger partial charge < -0.3 is 0 Å². The Bertz CT molecular complexity index is 786. The van der Waals surface area contributed by atoms with Crippen molar-refractivity contribution in [3.05, 3.63) is 78.0 Å². The van der Waals surface area contributed by atoms with Gasteiger partial charge in [0, 0.05) is 17.1 Å². The van der Waals surface area contributed by atoms with Gasteiger partial charge in [-0.05, 0) is 31.5 Å². The molecule has 104 valence electrons. The SMILES string of the molecule is CC(C)(C(=O)c1cccc2ncccc12)c1ccccc1. The Morgan fingerprint density at radius 1 is 0.905 bits per heavy atom. The first-order valence-corrected chi connectivity index (χ1v) is 7.05. The van der Waals surface area contributed by atoms with Crippen molar-refractivity contribution in [3.63, 3.8) is 0 Å². The number of ketones is 1. The molecule has 0 atom stereocenters. The molecule has 0 aliphatic heterocycles. The van der Waals surface area contributed by atoms with Crippen LogP contribution in [0, 0.1) is 0 Å². The van der Waals surface area contributed by atoms with Crippen molar-refractivity contribution in [2.24, 2.45) is 0 Å². The van der Waals surface area contributed by atoms with Crippen molar-refractivity contribution in [2.45, 2.75) is 19.3 Å². The number of fused-ring (bicyclic) bond motifs is 1. The highest BCUT2D eigenvalue weighted by Crippen LogP contribution is 2.30. The van der Waals surface area contributed by atoms with Gasteiger partial charge in [0.15, 0.2) is 5.78 Å². The second kappa shape index (κ2) is 5.13. The summed E-state index contributed by atoms with van der Waals surface area (Å²) in [5.74, 6) is 0.118. The molecule has 3 rings (SSSR count). The molecule has 0 aliphatic carbocycles. The molecule has 2 heteroatoms. The Balaban J connectivity index is 2.13. The zero-order valence-corrected chi connectivity index (χ0v) is 12.2. The zero-order chi connectivity index (χ0) is 14.9. The van der Waals surface area contributed by atoms with E-state index in [-0.39, 0.29) is 5.78 Å². The third kappa shape index (κ3) is 2.33. The number of Topliss-reactive ketones (excluding diaryl/α,β-unsaturated/α-hetero) is 1. The van der Waals surface area contributed by atoms with Crippen molar-refractivity contribution < 1.29 is 4.79 Å². The van der Waals surface area contributed by atoms with Crippen LogP contribution in [0.15, 0.2) is 66.9 Å². The Kier molecular flexibility index (Phi) is 3.30. The minimum Gasteiger partial charge on any atom is -0.293 e. The standard InChI is InChI=1S/C19H17NO/c1-19(2,14-8-4-3-5-9-14)18(21)16-10-6-12-17-15(16)11-7-13-20-17/h3-13H,1-2H3. The van der Waals surface area contributed by atoms with E-state index in [4.69, 9.17) is 0 Å². The summed E-state index contributed by atoms with van der Waals surface area (Å²) < 4.78 is 0. The molecule has 0 saturated carbocycles. The molecule has 0 saturated heterocycles. The number of benzene rings is 2. The van der Waals surface area contributed by atoms with Crippen molar-refractivity contribution >= 4 is 16.7 Å². The van der Waals surface area contributed by atoms with E-state index in [9.17, 15) is 4.79 Å². The van der Waals surface area contributed by atoms with E-state index in [0.717, 1.165) is 22.0 Å². The molecule has 1 aromatic heterocycles. The quantitative estimate of drug-likeness (QED) is 0.663. The van der Waals surface area contributed by atoms with Gasteiger partial charge in [-0.1, -0.05) is 48.5 Å². The second-order valence-corrected chi connectivity index (χ2v) is 5.70. The lowest BCUT2D eigenvalue weighted by Gasteiger charge is -2.24. The van der Waals surface area contributed by atoms with Crippen LogP contribution < -0.4 is 0 Å². The van der Waals surface area contributed by atoms with Crippen molar-refractivity contribution in [2.75, 3.05) is 0 Å². The monoisotopic (exact) mass is 275 g/mol. The Morgan fingerprint density at radius 3 is 2.43 bits per heavy atom. The lowest BCUT2D eigenvalue weighted by molar-refractivity contribution is 0.0910. The molecule has 2 aromatic carbocycles. The molecule has 0 spiro atoms. The smallest absolute Gasteiger partial charge is 0.173 e. The number of hydrogen-bond donors (Lipinski definition) is 0. The highest BCUT2D eigenvalue weighted by Gasteiger charge is 2.31. The molecule has 0 fully saturated rings. The maximum atomic E-state index is 13.1. The fourth-order valence-electron chi connectivity index (χ4n) is 2.62. The molecule has 21 heavy (non-hydrogen) atoms. The van der Waals surface area contributed by atoms with Gasteiger partial charge in [0.2, 0.25) is 0 Å². The van der Waals surface area contributed by atoms with E-state index < -0.39 is 5.41 Å². The van der Waals surface area contributed by atoms with Gasteiger partial charge >= 0.3 is 0 Å². The molecule has 0 unspecified atom stereocenters. The summed E-state index contributed by atoms with van der Waals surface area (Å²) in [5, 5.41) is 0.911. The highest BCUT2D eigenvalue weighted by molar-refractivity contribution is 6.11. The first kappa shape index (κ1) is 13.5. The number of nitrogens with zero attached hydrogens (tertiary/aromatic N) is 1. The van der Waals surface area contributed by atoms with Gasteiger partial charge in [-0.25, -0.2) is 0 Å². The molecule has 1 heterocycles. The van der Waals surface area contributed by atoms with Gasteiger partial charge in [0.1, 0.15) is 0 Å². The molecule has 2 nitrogen and oxygen atoms in total. The van der Waals surface area contributed by atoms with Crippen LogP contribution in [0.3, 0.4) is 0 Å². The number of pyridine rings is 1. The predicted octanol–water partition coefficient (Wildman–Crippen LogP) is 4.40. The van der Waals surface area contributed by atoms with Crippen molar-refractivity contribution in [1.29, 1.82) is 0 Å². The summed E-state index contributed by atoms with van der Waals surface area (Å²) in [4.78, 5) is 17.4. The largest absolute Gasteiger partial charge is 0.293 e.